The standard InChI is InChI=1S/C14H17ClO3/c15-12-6-2-1-4-9(12)8-11(14(17)18)10-5-3-7-13(10)16/h1-2,4,6,10-11,13,16H,3,5,7-8H2,(H,17,18). The minimum Gasteiger partial charge on any atom is -0.481 e. The maximum Gasteiger partial charge on any atom is 0.307 e. The van der Waals surface area contributed by atoms with Crippen LogP contribution in [0.25, 0.3) is 0 Å². The summed E-state index contributed by atoms with van der Waals surface area (Å²) in [5, 5.41) is 19.8. The van der Waals surface area contributed by atoms with Crippen molar-refractivity contribution >= 4 is 17.6 Å². The number of benzene rings is 1. The number of carboxylic acid groups (broad SMARTS) is 1. The normalized spacial score (nSPS) is 25.0. The van der Waals surface area contributed by atoms with Gasteiger partial charge in [-0.1, -0.05) is 36.2 Å². The summed E-state index contributed by atoms with van der Waals surface area (Å²) in [7, 11) is 0. The summed E-state index contributed by atoms with van der Waals surface area (Å²) >= 11 is 6.06. The summed E-state index contributed by atoms with van der Waals surface area (Å²) in [6.45, 7) is 0. The SMILES string of the molecule is O=C(O)C(Cc1ccccc1Cl)C1CCCC1O. The fraction of sp³-hybridized carbons (Fsp3) is 0.500. The Morgan fingerprint density at radius 3 is 2.67 bits per heavy atom. The largest absolute Gasteiger partial charge is 0.481 e. The van der Waals surface area contributed by atoms with Crippen LogP contribution in [0.4, 0.5) is 0 Å². The van der Waals surface area contributed by atoms with Gasteiger partial charge in [0.25, 0.3) is 0 Å². The number of aliphatic hydroxyl groups excluding tert-OH is 1. The number of halogens is 1. The van der Waals surface area contributed by atoms with E-state index < -0.39 is 18.0 Å². The molecule has 1 aliphatic rings. The fourth-order valence-electron chi connectivity index (χ4n) is 2.76. The number of carbonyl (C=O) groups is 1. The lowest BCUT2D eigenvalue weighted by atomic mass is 9.84. The Morgan fingerprint density at radius 1 is 1.39 bits per heavy atom. The lowest BCUT2D eigenvalue weighted by molar-refractivity contribution is -0.145. The summed E-state index contributed by atoms with van der Waals surface area (Å²) < 4.78 is 0. The van der Waals surface area contributed by atoms with E-state index >= 15 is 0 Å². The van der Waals surface area contributed by atoms with Gasteiger partial charge in [0.05, 0.1) is 12.0 Å². The molecule has 0 aliphatic heterocycles. The molecular formula is C14H17ClO3. The molecule has 0 spiro atoms. The van der Waals surface area contributed by atoms with Gasteiger partial charge in [-0.05, 0) is 36.8 Å². The Balaban J connectivity index is 2.17. The first kappa shape index (κ1) is 13.4. The number of hydrogen-bond acceptors (Lipinski definition) is 2. The third-order valence-corrected chi connectivity index (χ3v) is 4.13. The minimum absolute atomic E-state index is 0.154. The van der Waals surface area contributed by atoms with Crippen molar-refractivity contribution in [2.45, 2.75) is 31.8 Å². The summed E-state index contributed by atoms with van der Waals surface area (Å²) in [5.74, 6) is -1.55. The molecule has 98 valence electrons. The number of aliphatic hydroxyl groups is 1. The first-order valence-electron chi connectivity index (χ1n) is 6.24. The molecule has 1 saturated carbocycles. The smallest absolute Gasteiger partial charge is 0.307 e. The van der Waals surface area contributed by atoms with E-state index in [0.29, 0.717) is 17.9 Å². The third-order valence-electron chi connectivity index (χ3n) is 3.76. The highest BCUT2D eigenvalue weighted by Crippen LogP contribution is 2.34. The molecule has 2 N–H and O–H groups in total. The first-order valence-corrected chi connectivity index (χ1v) is 6.61. The van der Waals surface area contributed by atoms with E-state index in [1.165, 1.54) is 0 Å². The molecule has 0 saturated heterocycles. The highest BCUT2D eigenvalue weighted by molar-refractivity contribution is 6.31. The molecule has 3 nitrogen and oxygen atoms in total. The summed E-state index contributed by atoms with van der Waals surface area (Å²) in [6, 6.07) is 7.29. The van der Waals surface area contributed by atoms with Crippen LogP contribution < -0.4 is 0 Å². The van der Waals surface area contributed by atoms with E-state index in [1.807, 2.05) is 18.2 Å². The maximum absolute atomic E-state index is 11.4. The van der Waals surface area contributed by atoms with Gasteiger partial charge in [-0.25, -0.2) is 0 Å². The lowest BCUT2D eigenvalue weighted by Crippen LogP contribution is -2.30. The van der Waals surface area contributed by atoms with Gasteiger partial charge in [-0.3, -0.25) is 4.79 Å². The monoisotopic (exact) mass is 268 g/mol. The van der Waals surface area contributed by atoms with Crippen molar-refractivity contribution in [1.29, 1.82) is 0 Å². The van der Waals surface area contributed by atoms with Gasteiger partial charge in [0.2, 0.25) is 0 Å². The summed E-state index contributed by atoms with van der Waals surface area (Å²) in [6.07, 6.45) is 2.28. The van der Waals surface area contributed by atoms with Crippen molar-refractivity contribution in [2.24, 2.45) is 11.8 Å². The van der Waals surface area contributed by atoms with Gasteiger partial charge in [-0.2, -0.15) is 0 Å². The second kappa shape index (κ2) is 5.72. The number of hydrogen-bond donors (Lipinski definition) is 2. The van der Waals surface area contributed by atoms with Crippen LogP contribution in [0.2, 0.25) is 5.02 Å². The molecule has 4 heteroatoms. The van der Waals surface area contributed by atoms with Crippen molar-refractivity contribution in [3.63, 3.8) is 0 Å². The Bertz CT molecular complexity index is 433. The van der Waals surface area contributed by atoms with Gasteiger partial charge in [0.15, 0.2) is 0 Å². The molecule has 2 rings (SSSR count). The van der Waals surface area contributed by atoms with E-state index in [1.54, 1.807) is 6.07 Å². The van der Waals surface area contributed by atoms with E-state index in [0.717, 1.165) is 18.4 Å². The molecule has 0 aromatic heterocycles. The zero-order chi connectivity index (χ0) is 13.1. The second-order valence-corrected chi connectivity index (χ2v) is 5.31. The quantitative estimate of drug-likeness (QED) is 0.883. The van der Waals surface area contributed by atoms with Gasteiger partial charge >= 0.3 is 5.97 Å². The second-order valence-electron chi connectivity index (χ2n) is 4.90. The van der Waals surface area contributed by atoms with Crippen molar-refractivity contribution < 1.29 is 15.0 Å². The van der Waals surface area contributed by atoms with Gasteiger partial charge in [0, 0.05) is 5.02 Å². The molecular weight excluding hydrogens is 252 g/mol. The molecule has 3 atom stereocenters. The predicted molar refractivity (Wildman–Crippen MR) is 69.6 cm³/mol. The highest BCUT2D eigenvalue weighted by atomic mass is 35.5. The average Bonchev–Trinajstić information content (AvgIpc) is 2.74. The van der Waals surface area contributed by atoms with Crippen LogP contribution in [0.15, 0.2) is 24.3 Å². The zero-order valence-electron chi connectivity index (χ0n) is 10.1. The molecule has 1 aromatic carbocycles. The van der Waals surface area contributed by atoms with E-state index in [9.17, 15) is 15.0 Å². The number of rotatable bonds is 4. The Labute approximate surface area is 111 Å². The first-order chi connectivity index (χ1) is 8.59. The van der Waals surface area contributed by atoms with Crippen LogP contribution in [0, 0.1) is 11.8 Å². The van der Waals surface area contributed by atoms with Crippen LogP contribution in [0.1, 0.15) is 24.8 Å². The fourth-order valence-corrected chi connectivity index (χ4v) is 2.97. The average molecular weight is 269 g/mol. The van der Waals surface area contributed by atoms with E-state index in [-0.39, 0.29) is 5.92 Å². The van der Waals surface area contributed by atoms with Gasteiger partial charge in [0.1, 0.15) is 0 Å². The molecule has 1 aromatic rings. The topological polar surface area (TPSA) is 57.5 Å². The van der Waals surface area contributed by atoms with Crippen LogP contribution in [-0.2, 0) is 11.2 Å². The third kappa shape index (κ3) is 2.85. The highest BCUT2D eigenvalue weighted by Gasteiger charge is 2.36. The molecule has 18 heavy (non-hydrogen) atoms. The Morgan fingerprint density at radius 2 is 2.11 bits per heavy atom. The van der Waals surface area contributed by atoms with Crippen molar-refractivity contribution in [3.8, 4) is 0 Å². The van der Waals surface area contributed by atoms with Crippen LogP contribution in [0.5, 0.6) is 0 Å². The van der Waals surface area contributed by atoms with Crippen molar-refractivity contribution in [1.82, 2.24) is 0 Å². The molecule has 1 fully saturated rings. The number of aliphatic carboxylic acids is 1. The number of carboxylic acids is 1. The molecule has 0 radical (unpaired) electrons. The molecule has 3 unspecified atom stereocenters. The molecule has 1 aliphatic carbocycles. The van der Waals surface area contributed by atoms with Crippen molar-refractivity contribution in [3.05, 3.63) is 34.9 Å². The Hall–Kier alpha value is -1.06. The summed E-state index contributed by atoms with van der Waals surface area (Å²) in [5.41, 5.74) is 0.839. The van der Waals surface area contributed by atoms with Crippen LogP contribution in [0.3, 0.4) is 0 Å². The Kier molecular flexibility index (Phi) is 4.25. The van der Waals surface area contributed by atoms with Gasteiger partial charge in [-0.15, -0.1) is 0 Å². The van der Waals surface area contributed by atoms with Crippen molar-refractivity contribution in [2.75, 3.05) is 0 Å². The lowest BCUT2D eigenvalue weighted by Gasteiger charge is -2.23. The molecule has 0 heterocycles. The summed E-state index contributed by atoms with van der Waals surface area (Å²) in [4.78, 5) is 11.4. The van der Waals surface area contributed by atoms with Gasteiger partial charge < -0.3 is 10.2 Å². The maximum atomic E-state index is 11.4. The van der Waals surface area contributed by atoms with E-state index in [4.69, 9.17) is 11.6 Å². The molecule has 0 amide bonds. The predicted octanol–water partition coefficient (Wildman–Crippen LogP) is 2.74. The van der Waals surface area contributed by atoms with E-state index in [2.05, 4.69) is 0 Å². The van der Waals surface area contributed by atoms with Crippen LogP contribution >= 0.6 is 11.6 Å². The zero-order valence-corrected chi connectivity index (χ0v) is 10.8. The molecule has 0 bridgehead atoms. The van der Waals surface area contributed by atoms with Crippen LogP contribution in [-0.4, -0.2) is 22.3 Å². The minimum atomic E-state index is -0.846.